The molecule has 0 unspecified atom stereocenters. The second kappa shape index (κ2) is 18.6. The van der Waals surface area contributed by atoms with E-state index in [1.54, 1.807) is 42.6 Å². The highest BCUT2D eigenvalue weighted by molar-refractivity contribution is 7.89. The zero-order valence-corrected chi connectivity index (χ0v) is 33.5. The van der Waals surface area contributed by atoms with Gasteiger partial charge in [-0.25, -0.2) is 23.0 Å². The standard InChI is InChI=1S/C40H41N7O10S2/c1-23(2)37(47-22-33(45-46-47)24-3-8-28(9-4-24)59(41,53)54)38(50)42-13-15-55-17-18-56-16-14-43-40(58)44-25-5-10-29(32(19-25)39(51)52)36-30-11-6-26(48)20-34(30)57-35-21-27(49)7-12-31(35)36/h3-12,19-23,37,48H,13-18H2,1-2H3,(H,42,50)(H,51,52)(H2,41,53,54)(H2,43,44,58)/t37-/m0/s1. The maximum absolute atomic E-state index is 13.1. The number of carbonyl (C=O) groups is 2. The van der Waals surface area contributed by atoms with Crippen LogP contribution in [0.25, 0.3) is 44.7 Å². The zero-order chi connectivity index (χ0) is 42.3. The molecule has 4 aromatic rings. The van der Waals surface area contributed by atoms with Gasteiger partial charge in [0, 0.05) is 53.0 Å². The van der Waals surface area contributed by atoms with Crippen molar-refractivity contribution in [3.05, 3.63) is 101 Å². The Bertz CT molecular complexity index is 2630. The summed E-state index contributed by atoms with van der Waals surface area (Å²) in [5, 5.41) is 43.4. The summed E-state index contributed by atoms with van der Waals surface area (Å²) < 4.78 is 41.7. The second-order valence-corrected chi connectivity index (χ2v) is 15.6. The van der Waals surface area contributed by atoms with Gasteiger partial charge in [0.25, 0.3) is 0 Å². The Morgan fingerprint density at radius 1 is 0.915 bits per heavy atom. The molecule has 1 aliphatic heterocycles. The van der Waals surface area contributed by atoms with Crippen LogP contribution in [0.5, 0.6) is 5.75 Å². The molecule has 2 heterocycles. The molecule has 1 aliphatic carbocycles. The molecule has 7 N–H and O–H groups in total. The van der Waals surface area contributed by atoms with Crippen LogP contribution in [0.2, 0.25) is 0 Å². The molecule has 0 radical (unpaired) electrons. The molecule has 308 valence electrons. The molecule has 0 saturated heterocycles. The van der Waals surface area contributed by atoms with Crippen LogP contribution >= 0.6 is 12.2 Å². The van der Waals surface area contributed by atoms with E-state index in [4.69, 9.17) is 31.2 Å². The van der Waals surface area contributed by atoms with Crippen LogP contribution in [0.1, 0.15) is 30.2 Å². The molecule has 0 spiro atoms. The first kappa shape index (κ1) is 42.4. The molecule has 0 bridgehead atoms. The second-order valence-electron chi connectivity index (χ2n) is 13.6. The van der Waals surface area contributed by atoms with Crippen LogP contribution in [-0.2, 0) is 24.3 Å². The molecule has 6 rings (SSSR count). The van der Waals surface area contributed by atoms with E-state index >= 15 is 0 Å². The van der Waals surface area contributed by atoms with Gasteiger partial charge in [0.05, 0.1) is 43.1 Å². The van der Waals surface area contributed by atoms with Crippen LogP contribution < -0.4 is 26.5 Å². The average molecular weight is 844 g/mol. The lowest BCUT2D eigenvalue weighted by Crippen LogP contribution is -2.37. The largest absolute Gasteiger partial charge is 0.508 e. The summed E-state index contributed by atoms with van der Waals surface area (Å²) in [6.07, 6.45) is 1.63. The van der Waals surface area contributed by atoms with Gasteiger partial charge in [0.15, 0.2) is 10.5 Å². The van der Waals surface area contributed by atoms with Gasteiger partial charge in [0.2, 0.25) is 15.9 Å². The number of phenols is 1. The number of aromatic carboxylic acids is 1. The Kier molecular flexibility index (Phi) is 13.3. The first-order valence-corrected chi connectivity index (χ1v) is 20.3. The van der Waals surface area contributed by atoms with Crippen molar-refractivity contribution >= 4 is 55.9 Å². The summed E-state index contributed by atoms with van der Waals surface area (Å²) in [7, 11) is -3.83. The highest BCUT2D eigenvalue weighted by Gasteiger charge is 2.26. The van der Waals surface area contributed by atoms with E-state index in [2.05, 4.69) is 26.3 Å². The minimum absolute atomic E-state index is 0.0210. The van der Waals surface area contributed by atoms with Gasteiger partial charge in [0.1, 0.15) is 28.8 Å². The number of aromatic hydroxyl groups is 1. The van der Waals surface area contributed by atoms with Crippen LogP contribution in [0.4, 0.5) is 5.69 Å². The van der Waals surface area contributed by atoms with Crippen LogP contribution in [-0.4, -0.2) is 90.1 Å². The normalized spacial score (nSPS) is 12.1. The predicted molar refractivity (Wildman–Crippen MR) is 223 cm³/mol. The number of thiocarbonyl (C=S) groups is 1. The first-order chi connectivity index (χ1) is 28.2. The van der Waals surface area contributed by atoms with Crippen molar-refractivity contribution in [3.8, 4) is 39.5 Å². The van der Waals surface area contributed by atoms with Crippen LogP contribution in [0.3, 0.4) is 0 Å². The maximum atomic E-state index is 13.1. The number of carboxylic acids is 1. The minimum atomic E-state index is -3.83. The van der Waals surface area contributed by atoms with Gasteiger partial charge >= 0.3 is 5.97 Å². The molecular formula is C40H41N7O10S2. The summed E-state index contributed by atoms with van der Waals surface area (Å²) >= 11 is 5.42. The molecule has 17 nitrogen and oxygen atoms in total. The molecule has 1 aromatic heterocycles. The Balaban J connectivity index is 0.926. The number of carboxylic acid groups (broad SMARTS) is 1. The summed E-state index contributed by atoms with van der Waals surface area (Å²) in [4.78, 5) is 37.7. The van der Waals surface area contributed by atoms with Crippen molar-refractivity contribution < 1.29 is 42.1 Å². The van der Waals surface area contributed by atoms with Gasteiger partial charge in [-0.15, -0.1) is 5.10 Å². The highest BCUT2D eigenvalue weighted by Crippen LogP contribution is 2.42. The monoisotopic (exact) mass is 843 g/mol. The molecule has 1 atom stereocenters. The third-order valence-corrected chi connectivity index (χ3v) is 10.3. The average Bonchev–Trinajstić information content (AvgIpc) is 3.66. The lowest BCUT2D eigenvalue weighted by molar-refractivity contribution is -0.126. The van der Waals surface area contributed by atoms with Crippen molar-refractivity contribution in [1.29, 1.82) is 0 Å². The minimum Gasteiger partial charge on any atom is -0.508 e. The number of nitrogens with zero attached hydrogens (tertiary/aromatic N) is 3. The number of hydrogen-bond acceptors (Lipinski definition) is 12. The number of primary sulfonamides is 1. The number of amides is 1. The van der Waals surface area contributed by atoms with Crippen LogP contribution in [0.15, 0.2) is 99.2 Å². The van der Waals surface area contributed by atoms with Gasteiger partial charge in [-0.05, 0) is 72.2 Å². The molecule has 0 saturated carbocycles. The third-order valence-electron chi connectivity index (χ3n) is 9.08. The summed E-state index contributed by atoms with van der Waals surface area (Å²) in [6, 6.07) is 18.8. The van der Waals surface area contributed by atoms with Crippen molar-refractivity contribution in [2.75, 3.05) is 44.8 Å². The van der Waals surface area contributed by atoms with Gasteiger partial charge in [-0.2, -0.15) is 0 Å². The Hall–Kier alpha value is -6.25. The van der Waals surface area contributed by atoms with Crippen molar-refractivity contribution in [3.63, 3.8) is 0 Å². The zero-order valence-electron chi connectivity index (χ0n) is 31.9. The number of phenolic OH excluding ortho intramolecular Hbond substituents is 1. The SMILES string of the molecule is CC(C)[C@@H](C(=O)NCCOCCOCCNC(=S)Nc1ccc(-c2c3ccc(=O)cc-3oc3cc(O)ccc23)c(C(=O)O)c1)n1cc(-c2ccc(S(N)(=O)=O)cc2)nn1. The molecule has 2 aliphatic rings. The first-order valence-electron chi connectivity index (χ1n) is 18.3. The predicted octanol–water partition coefficient (Wildman–Crippen LogP) is 4.21. The number of ether oxygens (including phenoxy) is 2. The van der Waals surface area contributed by atoms with Gasteiger partial charge < -0.3 is 40.1 Å². The lowest BCUT2D eigenvalue weighted by atomic mass is 9.90. The maximum Gasteiger partial charge on any atom is 0.336 e. The fraction of sp³-hybridized carbons (Fsp3) is 0.250. The Morgan fingerprint density at radius 2 is 1.61 bits per heavy atom. The molecule has 0 fully saturated rings. The summed E-state index contributed by atoms with van der Waals surface area (Å²) in [5.41, 5.74) is 2.95. The molecule has 1 amide bonds. The van der Waals surface area contributed by atoms with Crippen molar-refractivity contribution in [2.45, 2.75) is 24.8 Å². The van der Waals surface area contributed by atoms with E-state index in [0.29, 0.717) is 58.8 Å². The topological polar surface area (TPSA) is 250 Å². The smallest absolute Gasteiger partial charge is 0.336 e. The number of aromatic nitrogens is 3. The van der Waals surface area contributed by atoms with Crippen LogP contribution in [0, 0.1) is 5.92 Å². The number of nitrogens with one attached hydrogen (secondary N) is 3. The third kappa shape index (κ3) is 10.4. The van der Waals surface area contributed by atoms with E-state index in [1.165, 1.54) is 47.1 Å². The summed E-state index contributed by atoms with van der Waals surface area (Å²) in [6.45, 7) is 5.51. The number of fused-ring (bicyclic) bond motifs is 2. The van der Waals surface area contributed by atoms with E-state index in [0.717, 1.165) is 0 Å². The van der Waals surface area contributed by atoms with E-state index < -0.39 is 22.0 Å². The summed E-state index contributed by atoms with van der Waals surface area (Å²) in [5.74, 6) is -1.35. The Morgan fingerprint density at radius 3 is 2.29 bits per heavy atom. The van der Waals surface area contributed by atoms with E-state index in [1.807, 2.05) is 13.8 Å². The van der Waals surface area contributed by atoms with Gasteiger partial charge in [-0.3, -0.25) is 9.59 Å². The molecule has 59 heavy (non-hydrogen) atoms. The number of hydrogen-bond donors (Lipinski definition) is 6. The van der Waals surface area contributed by atoms with E-state index in [9.17, 15) is 33.0 Å². The van der Waals surface area contributed by atoms with Crippen molar-refractivity contribution in [2.24, 2.45) is 11.1 Å². The number of rotatable bonds is 17. The fourth-order valence-electron chi connectivity index (χ4n) is 6.34. The number of sulfonamides is 1. The molecular weight excluding hydrogens is 803 g/mol. The number of carbonyl (C=O) groups excluding carboxylic acids is 1. The van der Waals surface area contributed by atoms with E-state index in [-0.39, 0.29) is 69.7 Å². The lowest BCUT2D eigenvalue weighted by Gasteiger charge is -2.20. The fourth-order valence-corrected chi connectivity index (χ4v) is 7.08. The molecule has 19 heteroatoms. The number of nitrogens with two attached hydrogens (primary N) is 1. The van der Waals surface area contributed by atoms with Crippen molar-refractivity contribution in [1.82, 2.24) is 25.6 Å². The number of benzene rings is 4. The Labute approximate surface area is 343 Å². The van der Waals surface area contributed by atoms with Gasteiger partial charge in [-0.1, -0.05) is 37.3 Å². The number of anilines is 1. The highest BCUT2D eigenvalue weighted by atomic mass is 32.2. The quantitative estimate of drug-likeness (QED) is 0.0428. The molecule has 3 aromatic carbocycles.